The number of rotatable bonds is 8. The van der Waals surface area contributed by atoms with Crippen LogP contribution in [0.25, 0.3) is 11.3 Å². The highest BCUT2D eigenvalue weighted by Gasteiger charge is 2.20. The predicted octanol–water partition coefficient (Wildman–Crippen LogP) is 3.62. The Hall–Kier alpha value is -3.24. The van der Waals surface area contributed by atoms with E-state index in [2.05, 4.69) is 25.6 Å². The molecule has 0 bridgehead atoms. The quantitative estimate of drug-likeness (QED) is 0.506. The third-order valence-corrected chi connectivity index (χ3v) is 4.01. The van der Waals surface area contributed by atoms with Crippen LogP contribution in [0.3, 0.4) is 0 Å². The van der Waals surface area contributed by atoms with Crippen LogP contribution in [0, 0.1) is 17.5 Å². The van der Waals surface area contributed by atoms with E-state index in [0.717, 1.165) is 36.9 Å². The zero-order valence-electron chi connectivity index (χ0n) is 16.4. The first kappa shape index (κ1) is 24.0. The fourth-order valence-corrected chi connectivity index (χ4v) is 2.59. The number of ether oxygens (including phenoxy) is 1. The minimum Gasteiger partial charge on any atom is -0.476 e. The van der Waals surface area contributed by atoms with Crippen molar-refractivity contribution in [3.05, 3.63) is 66.0 Å². The molecule has 164 valence electrons. The summed E-state index contributed by atoms with van der Waals surface area (Å²) in [6, 6.07) is 5.12. The van der Waals surface area contributed by atoms with Crippen LogP contribution in [0.2, 0.25) is 0 Å². The molecule has 2 aromatic heterocycles. The summed E-state index contributed by atoms with van der Waals surface area (Å²) >= 11 is 0. The second-order valence-electron chi connectivity index (χ2n) is 6.12. The molecule has 0 aliphatic heterocycles. The second-order valence-corrected chi connectivity index (χ2v) is 6.12. The molecule has 1 aromatic carbocycles. The molecule has 0 atom stereocenters. The van der Waals surface area contributed by atoms with Gasteiger partial charge in [-0.05, 0) is 44.3 Å². The highest BCUT2D eigenvalue weighted by molar-refractivity contribution is 6.03. The van der Waals surface area contributed by atoms with Crippen LogP contribution in [0.4, 0.5) is 18.9 Å². The zero-order chi connectivity index (χ0) is 21.5. The lowest BCUT2D eigenvalue weighted by Crippen LogP contribution is -2.17. The van der Waals surface area contributed by atoms with Crippen LogP contribution in [0.15, 0.2) is 42.9 Å². The van der Waals surface area contributed by atoms with Crippen molar-refractivity contribution < 1.29 is 22.7 Å². The average Bonchev–Trinajstić information content (AvgIpc) is 2.73. The molecule has 0 fully saturated rings. The minimum absolute atomic E-state index is 0. The number of carbonyl (C=O) groups excluding carboxylic acids is 1. The Morgan fingerprint density at radius 1 is 1.10 bits per heavy atom. The highest BCUT2D eigenvalue weighted by Crippen LogP contribution is 2.27. The topological polar surface area (TPSA) is 89.0 Å². The molecule has 0 radical (unpaired) electrons. The molecule has 11 heteroatoms. The lowest BCUT2D eigenvalue weighted by molar-refractivity contribution is 0.102. The van der Waals surface area contributed by atoms with E-state index >= 15 is 0 Å². The van der Waals surface area contributed by atoms with E-state index in [-0.39, 0.29) is 29.7 Å². The second kappa shape index (κ2) is 11.2. The van der Waals surface area contributed by atoms with Crippen LogP contribution in [-0.4, -0.2) is 41.1 Å². The van der Waals surface area contributed by atoms with Crippen molar-refractivity contribution in [1.82, 2.24) is 20.3 Å². The van der Waals surface area contributed by atoms with E-state index in [4.69, 9.17) is 4.74 Å². The maximum atomic E-state index is 14.2. The van der Waals surface area contributed by atoms with E-state index in [1.165, 1.54) is 12.5 Å². The Kier molecular flexibility index (Phi) is 8.71. The molecule has 31 heavy (non-hydrogen) atoms. The van der Waals surface area contributed by atoms with Crippen LogP contribution >= 0.6 is 12.4 Å². The van der Waals surface area contributed by atoms with Crippen molar-refractivity contribution in [2.45, 2.75) is 6.42 Å². The summed E-state index contributed by atoms with van der Waals surface area (Å²) in [6.45, 7) is 1.09. The van der Waals surface area contributed by atoms with E-state index in [0.29, 0.717) is 13.0 Å². The Morgan fingerprint density at radius 3 is 2.55 bits per heavy atom. The third kappa shape index (κ3) is 5.89. The van der Waals surface area contributed by atoms with E-state index in [9.17, 15) is 18.0 Å². The van der Waals surface area contributed by atoms with Gasteiger partial charge in [-0.25, -0.2) is 23.1 Å². The summed E-state index contributed by atoms with van der Waals surface area (Å²) in [5.41, 5.74) is -1.33. The molecule has 0 aliphatic carbocycles. The first-order valence-electron chi connectivity index (χ1n) is 9.01. The normalized spacial score (nSPS) is 10.3. The maximum absolute atomic E-state index is 14.2. The number of nitrogens with zero attached hydrogens (tertiary/aromatic N) is 3. The molecule has 0 aliphatic rings. The number of aromatic nitrogens is 3. The van der Waals surface area contributed by atoms with Crippen LogP contribution in [-0.2, 0) is 0 Å². The summed E-state index contributed by atoms with van der Waals surface area (Å²) in [5, 5.41) is 5.50. The van der Waals surface area contributed by atoms with Gasteiger partial charge >= 0.3 is 0 Å². The van der Waals surface area contributed by atoms with E-state index in [1.807, 2.05) is 7.05 Å². The SMILES string of the molecule is CNCCCOc1ncncc1NC(=O)c1ccc(F)c(-c2c(F)cccc2F)n1.Cl. The molecule has 3 rings (SSSR count). The van der Waals surface area contributed by atoms with Crippen molar-refractivity contribution in [1.29, 1.82) is 0 Å². The van der Waals surface area contributed by atoms with Gasteiger partial charge < -0.3 is 15.4 Å². The Morgan fingerprint density at radius 2 is 1.84 bits per heavy atom. The molecule has 2 N–H and O–H groups in total. The van der Waals surface area contributed by atoms with Gasteiger partial charge in [-0.1, -0.05) is 6.07 Å². The number of carbonyl (C=O) groups is 1. The van der Waals surface area contributed by atoms with Gasteiger partial charge in [0.05, 0.1) is 18.4 Å². The molecule has 3 aromatic rings. The first-order valence-corrected chi connectivity index (χ1v) is 9.01. The van der Waals surface area contributed by atoms with Crippen molar-refractivity contribution in [3.8, 4) is 17.1 Å². The average molecular weight is 454 g/mol. The van der Waals surface area contributed by atoms with Crippen LogP contribution in [0.1, 0.15) is 16.9 Å². The monoisotopic (exact) mass is 453 g/mol. The van der Waals surface area contributed by atoms with Gasteiger partial charge in [0.15, 0.2) is 0 Å². The molecule has 1 amide bonds. The smallest absolute Gasteiger partial charge is 0.274 e. The van der Waals surface area contributed by atoms with Gasteiger partial charge in [0.25, 0.3) is 5.91 Å². The molecule has 0 saturated carbocycles. The number of amides is 1. The maximum Gasteiger partial charge on any atom is 0.274 e. The van der Waals surface area contributed by atoms with Gasteiger partial charge in [-0.2, -0.15) is 4.98 Å². The fraction of sp³-hybridized carbons (Fsp3) is 0.200. The summed E-state index contributed by atoms with van der Waals surface area (Å²) in [5.74, 6) is -3.55. The molecule has 0 saturated heterocycles. The Bertz CT molecular complexity index is 1030. The number of nitrogens with one attached hydrogen (secondary N) is 2. The summed E-state index contributed by atoms with van der Waals surface area (Å²) in [6.07, 6.45) is 3.31. The number of hydrogen-bond donors (Lipinski definition) is 2. The molecule has 2 heterocycles. The lowest BCUT2D eigenvalue weighted by atomic mass is 10.1. The summed E-state index contributed by atoms with van der Waals surface area (Å²) < 4.78 is 47.8. The Balaban J connectivity index is 0.00000341. The lowest BCUT2D eigenvalue weighted by Gasteiger charge is -2.11. The van der Waals surface area contributed by atoms with E-state index < -0.39 is 34.6 Å². The standard InChI is InChI=1S/C20H18F3N5O2.ClH/c1-24-8-3-9-30-20-16(10-25-11-26-20)28-19(29)15-7-6-14(23)18(27-15)17-12(21)4-2-5-13(17)22;/h2,4-7,10-11,24H,3,8-9H2,1H3,(H,28,29);1H. The van der Waals surface area contributed by atoms with Gasteiger partial charge in [0.1, 0.15) is 40.9 Å². The van der Waals surface area contributed by atoms with Crippen molar-refractivity contribution in [2.24, 2.45) is 0 Å². The summed E-state index contributed by atoms with van der Waals surface area (Å²) in [4.78, 5) is 24.2. The zero-order valence-corrected chi connectivity index (χ0v) is 17.2. The van der Waals surface area contributed by atoms with Gasteiger partial charge in [0, 0.05) is 0 Å². The van der Waals surface area contributed by atoms with Crippen LogP contribution in [0.5, 0.6) is 5.88 Å². The molecular formula is C20H19ClF3N5O2. The minimum atomic E-state index is -0.993. The van der Waals surface area contributed by atoms with Gasteiger partial charge in [0.2, 0.25) is 5.88 Å². The van der Waals surface area contributed by atoms with Gasteiger partial charge in [-0.3, -0.25) is 4.79 Å². The summed E-state index contributed by atoms with van der Waals surface area (Å²) in [7, 11) is 1.81. The van der Waals surface area contributed by atoms with Gasteiger partial charge in [-0.15, -0.1) is 12.4 Å². The number of anilines is 1. The first-order chi connectivity index (χ1) is 14.5. The fourth-order valence-electron chi connectivity index (χ4n) is 2.59. The van der Waals surface area contributed by atoms with Crippen molar-refractivity contribution >= 4 is 24.0 Å². The number of pyridine rings is 1. The molecule has 7 nitrogen and oxygen atoms in total. The predicted molar refractivity (Wildman–Crippen MR) is 111 cm³/mol. The van der Waals surface area contributed by atoms with Crippen molar-refractivity contribution in [2.75, 3.05) is 25.5 Å². The number of halogens is 4. The Labute approximate surface area is 182 Å². The number of hydrogen-bond acceptors (Lipinski definition) is 6. The molecule has 0 unspecified atom stereocenters. The highest BCUT2D eigenvalue weighted by atomic mass is 35.5. The van der Waals surface area contributed by atoms with E-state index in [1.54, 1.807) is 0 Å². The van der Waals surface area contributed by atoms with Crippen LogP contribution < -0.4 is 15.4 Å². The largest absolute Gasteiger partial charge is 0.476 e. The number of benzene rings is 1. The van der Waals surface area contributed by atoms with Crippen molar-refractivity contribution in [3.63, 3.8) is 0 Å². The molecular weight excluding hydrogens is 435 g/mol. The third-order valence-electron chi connectivity index (χ3n) is 4.01. The molecule has 0 spiro atoms.